The Kier molecular flexibility index (Phi) is 2.69. The molecule has 118 valence electrons. The quantitative estimate of drug-likeness (QED) is 0.604. The van der Waals surface area contributed by atoms with Crippen LogP contribution in [0.2, 0.25) is 10.0 Å². The molecule has 3 aliphatic carbocycles. The summed E-state index contributed by atoms with van der Waals surface area (Å²) in [6.45, 7) is 0.286. The maximum Gasteiger partial charge on any atom is 0.234 e. The van der Waals surface area contributed by atoms with Crippen LogP contribution in [0.3, 0.4) is 0 Å². The number of amides is 2. The molecule has 1 aromatic carbocycles. The Morgan fingerprint density at radius 2 is 1.61 bits per heavy atom. The van der Waals surface area contributed by atoms with Crippen molar-refractivity contribution in [3.63, 3.8) is 0 Å². The van der Waals surface area contributed by atoms with E-state index in [1.165, 1.54) is 4.90 Å². The number of benzene rings is 1. The van der Waals surface area contributed by atoms with Crippen molar-refractivity contribution in [2.75, 3.05) is 0 Å². The third-order valence-electron chi connectivity index (χ3n) is 6.27. The van der Waals surface area contributed by atoms with Crippen molar-refractivity contribution >= 4 is 35.0 Å². The molecule has 1 heterocycles. The summed E-state index contributed by atoms with van der Waals surface area (Å²) in [6.07, 6.45) is 6.70. The average Bonchev–Trinajstić information content (AvgIpc) is 3.14. The van der Waals surface area contributed by atoms with Crippen molar-refractivity contribution in [2.45, 2.75) is 19.4 Å². The minimum absolute atomic E-state index is 0.00537. The predicted molar refractivity (Wildman–Crippen MR) is 86.8 cm³/mol. The van der Waals surface area contributed by atoms with Crippen LogP contribution in [0.25, 0.3) is 0 Å². The highest BCUT2D eigenvalue weighted by molar-refractivity contribution is 6.42. The van der Waals surface area contributed by atoms with Gasteiger partial charge in [-0.1, -0.05) is 41.4 Å². The van der Waals surface area contributed by atoms with Crippen LogP contribution in [0.4, 0.5) is 0 Å². The Hall–Kier alpha value is -1.32. The van der Waals surface area contributed by atoms with Gasteiger partial charge in [0.1, 0.15) is 0 Å². The van der Waals surface area contributed by atoms with Crippen molar-refractivity contribution in [1.29, 1.82) is 0 Å². The van der Waals surface area contributed by atoms with Gasteiger partial charge in [0.2, 0.25) is 11.8 Å². The zero-order valence-corrected chi connectivity index (χ0v) is 13.8. The molecule has 3 fully saturated rings. The lowest BCUT2D eigenvalue weighted by Gasteiger charge is -2.21. The van der Waals surface area contributed by atoms with Crippen LogP contribution in [0.1, 0.15) is 18.4 Å². The standard InChI is InChI=1S/C18H15Cl2NO2/c19-12-4-1-9(7-13(12)20)8-21-16(22)14-10-2-3-11(15(14)17(21)23)18(10)5-6-18/h1-4,7,10-11,14-15H,5-6,8H2/t10-,11-,14-,15-/m1/s1. The summed E-state index contributed by atoms with van der Waals surface area (Å²) in [6, 6.07) is 5.25. The molecule has 1 spiro atoms. The first-order valence-corrected chi connectivity index (χ1v) is 8.76. The topological polar surface area (TPSA) is 37.4 Å². The van der Waals surface area contributed by atoms with E-state index in [-0.39, 0.29) is 47.4 Å². The number of rotatable bonds is 2. The van der Waals surface area contributed by atoms with E-state index in [9.17, 15) is 9.59 Å². The predicted octanol–water partition coefficient (Wildman–Crippen LogP) is 3.69. The highest BCUT2D eigenvalue weighted by Crippen LogP contribution is 2.73. The molecule has 4 aliphatic rings. The molecule has 0 unspecified atom stereocenters. The molecule has 2 saturated carbocycles. The normalized spacial score (nSPS) is 35.5. The van der Waals surface area contributed by atoms with Crippen LogP contribution >= 0.6 is 23.2 Å². The lowest BCUT2D eigenvalue weighted by Crippen LogP contribution is -2.34. The van der Waals surface area contributed by atoms with Crippen molar-refractivity contribution in [3.8, 4) is 0 Å². The molecule has 0 N–H and O–H groups in total. The first-order chi connectivity index (χ1) is 11.0. The zero-order valence-electron chi connectivity index (χ0n) is 12.3. The minimum Gasteiger partial charge on any atom is -0.278 e. The highest BCUT2D eigenvalue weighted by Gasteiger charge is 2.73. The van der Waals surface area contributed by atoms with Crippen LogP contribution < -0.4 is 0 Å². The van der Waals surface area contributed by atoms with Gasteiger partial charge in [-0.3, -0.25) is 14.5 Å². The molecule has 1 aromatic rings. The number of halogens is 2. The van der Waals surface area contributed by atoms with E-state index in [1.807, 2.05) is 6.07 Å². The molecule has 1 saturated heterocycles. The van der Waals surface area contributed by atoms with E-state index < -0.39 is 0 Å². The van der Waals surface area contributed by atoms with E-state index >= 15 is 0 Å². The number of likely N-dealkylation sites (tertiary alicyclic amines) is 1. The summed E-state index contributed by atoms with van der Waals surface area (Å²) < 4.78 is 0. The monoisotopic (exact) mass is 347 g/mol. The fourth-order valence-corrected chi connectivity index (χ4v) is 5.44. The zero-order chi connectivity index (χ0) is 15.9. The minimum atomic E-state index is -0.136. The second-order valence-electron chi connectivity index (χ2n) is 7.23. The molecule has 5 rings (SSSR count). The Labute approximate surface area is 144 Å². The number of imide groups is 1. The van der Waals surface area contributed by atoms with Gasteiger partial charge in [-0.25, -0.2) is 0 Å². The Morgan fingerprint density at radius 1 is 1.00 bits per heavy atom. The summed E-state index contributed by atoms with van der Waals surface area (Å²) >= 11 is 12.0. The van der Waals surface area contributed by atoms with E-state index in [1.54, 1.807) is 12.1 Å². The van der Waals surface area contributed by atoms with Gasteiger partial charge in [0.25, 0.3) is 0 Å². The largest absolute Gasteiger partial charge is 0.278 e. The SMILES string of the molecule is O=C1[C@H]2[C@H](C(=O)N1Cc1ccc(Cl)c(Cl)c1)[C@H]1C=C[C@H]2C12CC2. The third-order valence-corrected chi connectivity index (χ3v) is 7.01. The molecule has 2 amide bonds. The van der Waals surface area contributed by atoms with Gasteiger partial charge in [0, 0.05) is 0 Å². The number of carbonyl (C=O) groups is 2. The molecule has 4 atom stereocenters. The number of fused-ring (bicyclic) bond motifs is 3. The lowest BCUT2D eigenvalue weighted by molar-refractivity contribution is -0.141. The van der Waals surface area contributed by atoms with Gasteiger partial charge >= 0.3 is 0 Å². The molecular formula is C18H15Cl2NO2. The van der Waals surface area contributed by atoms with Crippen LogP contribution in [-0.4, -0.2) is 16.7 Å². The second-order valence-corrected chi connectivity index (χ2v) is 8.05. The van der Waals surface area contributed by atoms with Crippen molar-refractivity contribution in [2.24, 2.45) is 29.1 Å². The third kappa shape index (κ3) is 1.67. The molecule has 0 aromatic heterocycles. The summed E-state index contributed by atoms with van der Waals surface area (Å²) in [4.78, 5) is 27.2. The fraction of sp³-hybridized carbons (Fsp3) is 0.444. The summed E-state index contributed by atoms with van der Waals surface area (Å²) in [5.74, 6) is 0.259. The number of allylic oxidation sites excluding steroid dienone is 2. The molecule has 3 nitrogen and oxygen atoms in total. The smallest absolute Gasteiger partial charge is 0.234 e. The molecule has 1 aliphatic heterocycles. The highest BCUT2D eigenvalue weighted by atomic mass is 35.5. The second kappa shape index (κ2) is 4.40. The van der Waals surface area contributed by atoms with Crippen LogP contribution in [0.15, 0.2) is 30.4 Å². The first kappa shape index (κ1) is 14.1. The van der Waals surface area contributed by atoms with Crippen LogP contribution in [-0.2, 0) is 16.1 Å². The maximum absolute atomic E-state index is 12.9. The van der Waals surface area contributed by atoms with Crippen LogP contribution in [0, 0.1) is 29.1 Å². The molecule has 5 heteroatoms. The average molecular weight is 348 g/mol. The molecule has 2 bridgehead atoms. The summed E-state index contributed by atoms with van der Waals surface area (Å²) in [5, 5.41) is 0.923. The van der Waals surface area contributed by atoms with Gasteiger partial charge in [-0.15, -0.1) is 0 Å². The Balaban J connectivity index is 1.45. The van der Waals surface area contributed by atoms with E-state index in [0.717, 1.165) is 18.4 Å². The van der Waals surface area contributed by atoms with E-state index in [2.05, 4.69) is 12.2 Å². The van der Waals surface area contributed by atoms with E-state index in [4.69, 9.17) is 23.2 Å². The van der Waals surface area contributed by atoms with Crippen molar-refractivity contribution in [3.05, 3.63) is 46.0 Å². The lowest BCUT2D eigenvalue weighted by atomic mass is 9.85. The van der Waals surface area contributed by atoms with Gasteiger partial charge in [-0.05, 0) is 47.8 Å². The van der Waals surface area contributed by atoms with E-state index in [0.29, 0.717) is 10.0 Å². The summed E-state index contributed by atoms with van der Waals surface area (Å²) in [7, 11) is 0. The fourth-order valence-electron chi connectivity index (χ4n) is 5.12. The number of carbonyl (C=O) groups excluding carboxylic acids is 2. The van der Waals surface area contributed by atoms with Crippen LogP contribution in [0.5, 0.6) is 0 Å². The first-order valence-electron chi connectivity index (χ1n) is 8.00. The summed E-state index contributed by atoms with van der Waals surface area (Å²) in [5.41, 5.74) is 1.08. The Morgan fingerprint density at radius 3 is 2.13 bits per heavy atom. The van der Waals surface area contributed by atoms with Crippen molar-refractivity contribution in [1.82, 2.24) is 4.90 Å². The van der Waals surface area contributed by atoms with Gasteiger partial charge in [0.05, 0.1) is 28.4 Å². The van der Waals surface area contributed by atoms with Crippen molar-refractivity contribution < 1.29 is 9.59 Å². The number of nitrogens with zero attached hydrogens (tertiary/aromatic N) is 1. The molecular weight excluding hydrogens is 333 g/mol. The molecule has 23 heavy (non-hydrogen) atoms. The number of hydrogen-bond donors (Lipinski definition) is 0. The van der Waals surface area contributed by atoms with Gasteiger partial charge < -0.3 is 0 Å². The Bertz CT molecular complexity index is 749. The van der Waals surface area contributed by atoms with Gasteiger partial charge in [-0.2, -0.15) is 0 Å². The maximum atomic E-state index is 12.9. The van der Waals surface area contributed by atoms with Gasteiger partial charge in [0.15, 0.2) is 0 Å². The number of hydrogen-bond acceptors (Lipinski definition) is 2. The molecule has 0 radical (unpaired) electrons.